The molecule has 0 aromatic rings. The van der Waals surface area contributed by atoms with Crippen molar-refractivity contribution in [2.45, 2.75) is 12.1 Å². The molecule has 0 bridgehead atoms. The van der Waals surface area contributed by atoms with Gasteiger partial charge in [0.1, 0.15) is 5.82 Å². The van der Waals surface area contributed by atoms with Crippen LogP contribution < -0.4 is 0 Å². The SMILES string of the molecule is N#CCBC(C#N)C#N. The van der Waals surface area contributed by atoms with Gasteiger partial charge in [0, 0.05) is 6.32 Å². The van der Waals surface area contributed by atoms with Gasteiger partial charge in [-0.15, -0.1) is 0 Å². The van der Waals surface area contributed by atoms with Gasteiger partial charge in [0.15, 0.2) is 7.28 Å². The first kappa shape index (κ1) is 7.53. The molecule has 42 valence electrons. The molecule has 0 aliphatic rings. The van der Waals surface area contributed by atoms with Crippen LogP contribution in [0, 0.1) is 34.0 Å². The van der Waals surface area contributed by atoms with E-state index < -0.39 is 5.82 Å². The second-order valence-corrected chi connectivity index (χ2v) is 1.51. The summed E-state index contributed by atoms with van der Waals surface area (Å²) in [7, 11) is 0.365. The molecule has 9 heavy (non-hydrogen) atoms. The monoisotopic (exact) mass is 117 g/mol. The topological polar surface area (TPSA) is 71.4 Å². The predicted molar refractivity (Wildman–Crippen MR) is 32.5 cm³/mol. The average molecular weight is 117 g/mol. The van der Waals surface area contributed by atoms with Crippen molar-refractivity contribution in [2.24, 2.45) is 0 Å². The second-order valence-electron chi connectivity index (χ2n) is 1.51. The Bertz CT molecular complexity index is 178. The summed E-state index contributed by atoms with van der Waals surface area (Å²) >= 11 is 0. The number of nitriles is 3. The van der Waals surface area contributed by atoms with Gasteiger partial charge in [-0.25, -0.2) is 0 Å². The van der Waals surface area contributed by atoms with E-state index in [9.17, 15) is 0 Å². The summed E-state index contributed by atoms with van der Waals surface area (Å²) in [5, 5.41) is 24.4. The molecule has 0 spiro atoms. The van der Waals surface area contributed by atoms with Gasteiger partial charge in [-0.05, 0) is 0 Å². The molecule has 4 heteroatoms. The molecule has 0 saturated heterocycles. The third kappa shape index (κ3) is 3.15. The van der Waals surface area contributed by atoms with Crippen LogP contribution in [0.4, 0.5) is 0 Å². The number of hydrogen-bond acceptors (Lipinski definition) is 3. The van der Waals surface area contributed by atoms with Crippen molar-refractivity contribution in [2.75, 3.05) is 0 Å². The Hall–Kier alpha value is -1.47. The third-order valence-electron chi connectivity index (χ3n) is 0.856. The Labute approximate surface area is 54.4 Å². The van der Waals surface area contributed by atoms with Crippen LogP contribution in [0.15, 0.2) is 0 Å². The van der Waals surface area contributed by atoms with E-state index in [1.165, 1.54) is 0 Å². The van der Waals surface area contributed by atoms with E-state index in [0.717, 1.165) is 0 Å². The molecule has 0 heterocycles. The minimum atomic E-state index is -0.607. The molecule has 3 nitrogen and oxygen atoms in total. The molecule has 0 rings (SSSR count). The molecule has 0 saturated carbocycles. The predicted octanol–water partition coefficient (Wildman–Crippen LogP) is 0.200. The summed E-state index contributed by atoms with van der Waals surface area (Å²) in [4.78, 5) is 0. The van der Waals surface area contributed by atoms with E-state index in [1.807, 2.05) is 6.07 Å². The molecular weight excluding hydrogens is 113 g/mol. The fourth-order valence-electron chi connectivity index (χ4n) is 0.367. The maximum atomic E-state index is 8.17. The summed E-state index contributed by atoms with van der Waals surface area (Å²) < 4.78 is 0. The first-order valence-corrected chi connectivity index (χ1v) is 2.51. The van der Waals surface area contributed by atoms with Gasteiger partial charge in [0.05, 0.1) is 18.2 Å². The van der Waals surface area contributed by atoms with Crippen LogP contribution in [0.2, 0.25) is 12.1 Å². The zero-order chi connectivity index (χ0) is 7.11. The Morgan fingerprint density at radius 3 is 2.11 bits per heavy atom. The molecule has 0 aliphatic heterocycles. The van der Waals surface area contributed by atoms with Crippen LogP contribution in [-0.2, 0) is 0 Å². The Morgan fingerprint density at radius 2 is 1.78 bits per heavy atom. The smallest absolute Gasteiger partial charge is 0.177 e. The van der Waals surface area contributed by atoms with E-state index in [-0.39, 0.29) is 6.32 Å². The standard InChI is InChI=1S/C5H4BN3/c7-2-1-6-5(3-8)4-9/h5-6H,1H2. The van der Waals surface area contributed by atoms with Crippen LogP contribution in [0.25, 0.3) is 0 Å². The van der Waals surface area contributed by atoms with Crippen molar-refractivity contribution in [1.29, 1.82) is 15.8 Å². The number of hydrogen-bond donors (Lipinski definition) is 0. The van der Waals surface area contributed by atoms with E-state index in [0.29, 0.717) is 7.28 Å². The molecule has 0 atom stereocenters. The lowest BCUT2D eigenvalue weighted by molar-refractivity contribution is 1.29. The van der Waals surface area contributed by atoms with Gasteiger partial charge in [-0.3, -0.25) is 0 Å². The van der Waals surface area contributed by atoms with Crippen LogP contribution >= 0.6 is 0 Å². The summed E-state index contributed by atoms with van der Waals surface area (Å²) in [6.45, 7) is 0. The molecule has 0 aromatic carbocycles. The quantitative estimate of drug-likeness (QED) is 0.485. The Morgan fingerprint density at radius 1 is 1.22 bits per heavy atom. The third-order valence-corrected chi connectivity index (χ3v) is 0.856. The Balaban J connectivity index is 3.54. The van der Waals surface area contributed by atoms with E-state index in [4.69, 9.17) is 15.8 Å². The van der Waals surface area contributed by atoms with Crippen LogP contribution in [0.5, 0.6) is 0 Å². The lowest BCUT2D eigenvalue weighted by atomic mass is 9.63. The van der Waals surface area contributed by atoms with Crippen molar-refractivity contribution in [3.8, 4) is 18.2 Å². The molecule has 0 N–H and O–H groups in total. The highest BCUT2D eigenvalue weighted by atomic mass is 14.3. The molecule has 0 amide bonds. The van der Waals surface area contributed by atoms with Crippen molar-refractivity contribution in [3.63, 3.8) is 0 Å². The van der Waals surface area contributed by atoms with Gasteiger partial charge in [-0.1, -0.05) is 0 Å². The second kappa shape index (κ2) is 4.69. The van der Waals surface area contributed by atoms with Crippen molar-refractivity contribution in [1.82, 2.24) is 0 Å². The van der Waals surface area contributed by atoms with Crippen LogP contribution in [0.3, 0.4) is 0 Å². The maximum absolute atomic E-state index is 8.17. The molecular formula is C5H4BN3. The maximum Gasteiger partial charge on any atom is 0.177 e. The van der Waals surface area contributed by atoms with Gasteiger partial charge in [-0.2, -0.15) is 15.8 Å². The largest absolute Gasteiger partial charge is 0.199 e. The van der Waals surface area contributed by atoms with E-state index in [1.54, 1.807) is 12.1 Å². The fourth-order valence-corrected chi connectivity index (χ4v) is 0.367. The summed E-state index contributed by atoms with van der Waals surface area (Å²) in [6.07, 6.45) is 0.284. The summed E-state index contributed by atoms with van der Waals surface area (Å²) in [5.74, 6) is -0.607. The normalized spacial score (nSPS) is 6.89. The molecule has 0 aliphatic carbocycles. The van der Waals surface area contributed by atoms with Crippen LogP contribution in [-0.4, -0.2) is 7.28 Å². The summed E-state index contributed by atoms with van der Waals surface area (Å²) in [5.41, 5.74) is 0. The van der Waals surface area contributed by atoms with Gasteiger partial charge in [0.25, 0.3) is 0 Å². The average Bonchev–Trinajstić information content (AvgIpc) is 1.91. The van der Waals surface area contributed by atoms with E-state index in [2.05, 4.69) is 0 Å². The van der Waals surface area contributed by atoms with Crippen molar-refractivity contribution < 1.29 is 0 Å². The van der Waals surface area contributed by atoms with Crippen molar-refractivity contribution in [3.05, 3.63) is 0 Å². The molecule has 0 unspecified atom stereocenters. The first-order valence-electron chi connectivity index (χ1n) is 2.51. The van der Waals surface area contributed by atoms with Crippen LogP contribution in [0.1, 0.15) is 0 Å². The van der Waals surface area contributed by atoms with E-state index >= 15 is 0 Å². The Kier molecular flexibility index (Phi) is 3.92. The molecule has 0 fully saturated rings. The number of rotatable bonds is 2. The van der Waals surface area contributed by atoms with Gasteiger partial charge in [0.2, 0.25) is 0 Å². The van der Waals surface area contributed by atoms with Gasteiger partial charge < -0.3 is 0 Å². The number of nitrogens with zero attached hydrogens (tertiary/aromatic N) is 3. The summed E-state index contributed by atoms with van der Waals surface area (Å²) in [6, 6.07) is 5.41. The highest BCUT2D eigenvalue weighted by Crippen LogP contribution is 1.98. The van der Waals surface area contributed by atoms with Crippen molar-refractivity contribution >= 4 is 7.28 Å². The zero-order valence-corrected chi connectivity index (χ0v) is 4.83. The van der Waals surface area contributed by atoms with Gasteiger partial charge >= 0.3 is 0 Å². The first-order chi connectivity index (χ1) is 4.35. The highest BCUT2D eigenvalue weighted by Gasteiger charge is 2.04. The zero-order valence-electron chi connectivity index (χ0n) is 4.83. The lowest BCUT2D eigenvalue weighted by Gasteiger charge is -1.85. The molecule has 0 aromatic heterocycles. The minimum Gasteiger partial charge on any atom is -0.199 e. The lowest BCUT2D eigenvalue weighted by Crippen LogP contribution is -1.95. The highest BCUT2D eigenvalue weighted by molar-refractivity contribution is 6.40. The minimum absolute atomic E-state index is 0.284. The molecule has 0 radical (unpaired) electrons. The fraction of sp³-hybridized carbons (Fsp3) is 0.400.